The molecule has 0 radical (unpaired) electrons. The Balaban J connectivity index is 1.16. The molecular formula is C32H30N4O2S. The predicted octanol–water partition coefficient (Wildman–Crippen LogP) is 5.69. The first kappa shape index (κ1) is 25.2. The lowest BCUT2D eigenvalue weighted by Gasteiger charge is -2.28. The van der Waals surface area contributed by atoms with Crippen molar-refractivity contribution >= 4 is 40.6 Å². The molecule has 2 aliphatic heterocycles. The van der Waals surface area contributed by atoms with Gasteiger partial charge in [0.25, 0.3) is 5.91 Å². The third-order valence-corrected chi connectivity index (χ3v) is 8.26. The molecule has 4 aromatic rings. The maximum Gasteiger partial charge on any atom is 0.256 e. The van der Waals surface area contributed by atoms with Crippen molar-refractivity contribution in [2.45, 2.75) is 12.8 Å². The molecule has 2 amide bonds. The van der Waals surface area contributed by atoms with Crippen molar-refractivity contribution in [3.05, 3.63) is 108 Å². The van der Waals surface area contributed by atoms with Gasteiger partial charge in [0.15, 0.2) is 0 Å². The van der Waals surface area contributed by atoms with Crippen LogP contribution in [0.15, 0.2) is 91.1 Å². The smallest absolute Gasteiger partial charge is 0.256 e. The van der Waals surface area contributed by atoms with E-state index in [0.29, 0.717) is 12.1 Å². The zero-order valence-corrected chi connectivity index (χ0v) is 22.5. The van der Waals surface area contributed by atoms with Gasteiger partial charge in [-0.15, -0.1) is 0 Å². The molecule has 1 fully saturated rings. The average Bonchev–Trinajstić information content (AvgIpc) is 3.42. The second kappa shape index (κ2) is 11.3. The Morgan fingerprint density at radius 1 is 0.872 bits per heavy atom. The minimum absolute atomic E-state index is 0.0309. The summed E-state index contributed by atoms with van der Waals surface area (Å²) in [6.07, 6.45) is 2.73. The first-order valence-corrected chi connectivity index (χ1v) is 14.5. The van der Waals surface area contributed by atoms with E-state index in [1.165, 1.54) is 5.69 Å². The number of pyridine rings is 1. The van der Waals surface area contributed by atoms with Gasteiger partial charge in [-0.2, -0.15) is 11.8 Å². The lowest BCUT2D eigenvalue weighted by Crippen LogP contribution is -2.32. The van der Waals surface area contributed by atoms with Crippen molar-refractivity contribution in [1.29, 1.82) is 0 Å². The molecule has 7 heteroatoms. The van der Waals surface area contributed by atoms with E-state index >= 15 is 0 Å². The molecule has 0 unspecified atom stereocenters. The normalized spacial score (nSPS) is 14.7. The van der Waals surface area contributed by atoms with Gasteiger partial charge >= 0.3 is 0 Å². The van der Waals surface area contributed by atoms with E-state index in [1.54, 1.807) is 6.20 Å². The third-order valence-electron chi connectivity index (χ3n) is 7.32. The van der Waals surface area contributed by atoms with Crippen molar-refractivity contribution in [3.8, 4) is 11.1 Å². The van der Waals surface area contributed by atoms with E-state index < -0.39 is 0 Å². The summed E-state index contributed by atoms with van der Waals surface area (Å²) in [4.78, 5) is 34.8. The highest BCUT2D eigenvalue weighted by molar-refractivity contribution is 7.99. The Hall–Kier alpha value is -4.10. The van der Waals surface area contributed by atoms with Crippen LogP contribution in [0, 0.1) is 0 Å². The number of nitrogens with one attached hydrogen (secondary N) is 1. The fraction of sp³-hybridized carbons (Fsp3) is 0.219. The minimum Gasteiger partial charge on any atom is -0.370 e. The predicted molar refractivity (Wildman–Crippen MR) is 160 cm³/mol. The second-order valence-corrected chi connectivity index (χ2v) is 11.0. The van der Waals surface area contributed by atoms with Crippen molar-refractivity contribution in [2.75, 3.05) is 46.3 Å². The standard InChI is InChI=1S/C32H30N4O2S/c37-31(22-25-5-3-4-15-33-25)36-16-14-24-21-26(10-13-30(24)36)34-32(38)29-7-2-1-6-28(29)23-8-11-27(12-9-23)35-17-19-39-20-18-35/h1-13,15,21H,14,16-20,22H2,(H,34,38). The number of fused-ring (bicyclic) bond motifs is 1. The summed E-state index contributed by atoms with van der Waals surface area (Å²) in [6.45, 7) is 2.77. The van der Waals surface area contributed by atoms with Gasteiger partial charge in [0.1, 0.15) is 0 Å². The van der Waals surface area contributed by atoms with Crippen LogP contribution in [-0.4, -0.2) is 47.9 Å². The maximum absolute atomic E-state index is 13.4. The van der Waals surface area contributed by atoms with E-state index in [2.05, 4.69) is 39.5 Å². The molecule has 2 aliphatic rings. The highest BCUT2D eigenvalue weighted by atomic mass is 32.2. The van der Waals surface area contributed by atoms with Crippen LogP contribution in [0.4, 0.5) is 17.1 Å². The van der Waals surface area contributed by atoms with Crippen LogP contribution in [0.25, 0.3) is 11.1 Å². The fourth-order valence-electron chi connectivity index (χ4n) is 5.30. The first-order valence-electron chi connectivity index (χ1n) is 13.3. The summed E-state index contributed by atoms with van der Waals surface area (Å²) in [7, 11) is 0. The quantitative estimate of drug-likeness (QED) is 0.345. The number of hydrogen-bond donors (Lipinski definition) is 1. The van der Waals surface area contributed by atoms with Crippen molar-refractivity contribution in [2.24, 2.45) is 0 Å². The summed E-state index contributed by atoms with van der Waals surface area (Å²) in [5.41, 5.74) is 7.24. The molecule has 196 valence electrons. The SMILES string of the molecule is O=C(Nc1ccc2c(c1)CCN2C(=O)Cc1ccccn1)c1ccccc1-c1ccc(N2CCSCC2)cc1. The minimum atomic E-state index is -0.149. The van der Waals surface area contributed by atoms with Crippen LogP contribution < -0.4 is 15.1 Å². The molecule has 0 aliphatic carbocycles. The van der Waals surface area contributed by atoms with Crippen molar-refractivity contribution in [1.82, 2.24) is 4.98 Å². The van der Waals surface area contributed by atoms with Gasteiger partial charge < -0.3 is 15.1 Å². The largest absolute Gasteiger partial charge is 0.370 e. The number of hydrogen-bond acceptors (Lipinski definition) is 5. The van der Waals surface area contributed by atoms with Crippen LogP contribution in [0.5, 0.6) is 0 Å². The number of amides is 2. The van der Waals surface area contributed by atoms with Gasteiger partial charge in [-0.25, -0.2) is 0 Å². The van der Waals surface area contributed by atoms with Gasteiger partial charge in [-0.3, -0.25) is 14.6 Å². The molecule has 0 atom stereocenters. The molecule has 1 aromatic heterocycles. The summed E-state index contributed by atoms with van der Waals surface area (Å²) in [5.74, 6) is 2.20. The number of rotatable bonds is 6. The molecule has 39 heavy (non-hydrogen) atoms. The number of thioether (sulfide) groups is 1. The highest BCUT2D eigenvalue weighted by Crippen LogP contribution is 2.32. The zero-order chi connectivity index (χ0) is 26.6. The van der Waals surface area contributed by atoms with E-state index in [1.807, 2.05) is 77.3 Å². The molecule has 3 heterocycles. The highest BCUT2D eigenvalue weighted by Gasteiger charge is 2.25. The Labute approximate surface area is 233 Å². The lowest BCUT2D eigenvalue weighted by atomic mass is 9.98. The third kappa shape index (κ3) is 5.54. The summed E-state index contributed by atoms with van der Waals surface area (Å²) in [6, 6.07) is 27.6. The Kier molecular flexibility index (Phi) is 7.32. The van der Waals surface area contributed by atoms with Crippen LogP contribution in [0.1, 0.15) is 21.6 Å². The van der Waals surface area contributed by atoms with E-state index in [4.69, 9.17) is 0 Å². The molecular weight excluding hydrogens is 504 g/mol. The average molecular weight is 535 g/mol. The number of aromatic nitrogens is 1. The molecule has 0 spiro atoms. The van der Waals surface area contributed by atoms with Crippen LogP contribution in [0.2, 0.25) is 0 Å². The number of nitrogens with zero attached hydrogens (tertiary/aromatic N) is 3. The van der Waals surface area contributed by atoms with E-state index in [0.717, 1.165) is 64.8 Å². The Morgan fingerprint density at radius 3 is 2.46 bits per heavy atom. The fourth-order valence-corrected chi connectivity index (χ4v) is 6.20. The summed E-state index contributed by atoms with van der Waals surface area (Å²) >= 11 is 2.00. The Bertz CT molecular complexity index is 1480. The van der Waals surface area contributed by atoms with Crippen LogP contribution in [0.3, 0.4) is 0 Å². The lowest BCUT2D eigenvalue weighted by molar-refractivity contribution is -0.117. The first-order chi connectivity index (χ1) is 19.2. The molecule has 1 saturated heterocycles. The molecule has 1 N–H and O–H groups in total. The second-order valence-electron chi connectivity index (χ2n) is 9.78. The summed E-state index contributed by atoms with van der Waals surface area (Å²) < 4.78 is 0. The number of carbonyl (C=O) groups excluding carboxylic acids is 2. The number of anilines is 3. The van der Waals surface area contributed by atoms with Gasteiger partial charge in [0, 0.05) is 65.7 Å². The zero-order valence-electron chi connectivity index (χ0n) is 21.7. The van der Waals surface area contributed by atoms with Gasteiger partial charge in [-0.1, -0.05) is 36.4 Å². The monoisotopic (exact) mass is 534 g/mol. The number of benzene rings is 3. The van der Waals surface area contributed by atoms with Gasteiger partial charge in [0.05, 0.1) is 6.42 Å². The number of carbonyl (C=O) groups is 2. The molecule has 0 bridgehead atoms. The molecule has 6 nitrogen and oxygen atoms in total. The van der Waals surface area contributed by atoms with Gasteiger partial charge in [0.2, 0.25) is 5.91 Å². The maximum atomic E-state index is 13.4. The molecule has 3 aromatic carbocycles. The van der Waals surface area contributed by atoms with Gasteiger partial charge in [-0.05, 0) is 71.6 Å². The Morgan fingerprint density at radius 2 is 1.67 bits per heavy atom. The van der Waals surface area contributed by atoms with Crippen LogP contribution in [-0.2, 0) is 17.6 Å². The van der Waals surface area contributed by atoms with E-state index in [-0.39, 0.29) is 18.2 Å². The van der Waals surface area contributed by atoms with E-state index in [9.17, 15) is 9.59 Å². The topological polar surface area (TPSA) is 65.5 Å². The molecule has 0 saturated carbocycles. The van der Waals surface area contributed by atoms with Crippen molar-refractivity contribution < 1.29 is 9.59 Å². The molecule has 6 rings (SSSR count). The van der Waals surface area contributed by atoms with Crippen molar-refractivity contribution in [3.63, 3.8) is 0 Å². The summed E-state index contributed by atoms with van der Waals surface area (Å²) in [5, 5.41) is 3.08. The van der Waals surface area contributed by atoms with Crippen LogP contribution >= 0.6 is 11.8 Å².